The quantitative estimate of drug-likeness (QED) is 0.862. The Morgan fingerprint density at radius 1 is 1.31 bits per heavy atom. The van der Waals surface area contributed by atoms with Gasteiger partial charge in [-0.1, -0.05) is 34.6 Å². The maximum absolute atomic E-state index is 13.1. The number of ether oxygens (including phenoxy) is 1. The number of fused-ring (bicyclic) bond motifs is 1. The molecule has 0 fully saturated rings. The van der Waals surface area contributed by atoms with Crippen LogP contribution < -0.4 is 15.0 Å². The average Bonchev–Trinajstić information content (AvgIpc) is 2.61. The first-order valence-corrected chi connectivity index (χ1v) is 9.32. The Hall–Kier alpha value is -2.04. The second kappa shape index (κ2) is 7.29. The van der Waals surface area contributed by atoms with E-state index in [0.717, 1.165) is 12.1 Å². The van der Waals surface area contributed by atoms with Gasteiger partial charge >= 0.3 is 0 Å². The third kappa shape index (κ3) is 4.57. The van der Waals surface area contributed by atoms with Gasteiger partial charge < -0.3 is 15.0 Å². The predicted molar refractivity (Wildman–Crippen MR) is 106 cm³/mol. The molecule has 2 amide bonds. The van der Waals surface area contributed by atoms with Crippen molar-refractivity contribution in [2.45, 2.75) is 54.9 Å². The Kier molecular flexibility index (Phi) is 5.69. The molecule has 0 saturated heterocycles. The van der Waals surface area contributed by atoms with Crippen LogP contribution in [0.1, 0.15) is 54.9 Å². The van der Waals surface area contributed by atoms with Crippen LogP contribution in [0.2, 0.25) is 0 Å². The summed E-state index contributed by atoms with van der Waals surface area (Å²) in [6.07, 6.45) is 0.903. The van der Waals surface area contributed by atoms with Crippen molar-refractivity contribution >= 4 is 23.2 Å². The zero-order valence-corrected chi connectivity index (χ0v) is 17.1. The van der Waals surface area contributed by atoms with Gasteiger partial charge in [0.2, 0.25) is 11.8 Å². The van der Waals surface area contributed by atoms with Crippen LogP contribution in [0, 0.1) is 16.7 Å². The van der Waals surface area contributed by atoms with Gasteiger partial charge in [-0.15, -0.1) is 0 Å². The molecular weight excluding hydrogens is 328 g/mol. The molecule has 1 N–H and O–H groups in total. The molecule has 0 atom stereocenters. The van der Waals surface area contributed by atoms with Crippen LogP contribution in [-0.2, 0) is 9.59 Å². The molecule has 0 aromatic heterocycles. The first kappa shape index (κ1) is 20.3. The number of amides is 2. The third-order valence-electron chi connectivity index (χ3n) is 4.53. The molecule has 0 unspecified atom stereocenters. The fourth-order valence-corrected chi connectivity index (χ4v) is 2.65. The third-order valence-corrected chi connectivity index (χ3v) is 4.53. The van der Waals surface area contributed by atoms with E-state index in [-0.39, 0.29) is 11.8 Å². The average molecular weight is 360 g/mol. The number of hydrogen-bond acceptors (Lipinski definition) is 3. The molecule has 1 heterocycles. The molecule has 5 nitrogen and oxygen atoms in total. The van der Waals surface area contributed by atoms with E-state index < -0.39 is 10.8 Å². The van der Waals surface area contributed by atoms with Crippen LogP contribution in [0.15, 0.2) is 18.2 Å². The van der Waals surface area contributed by atoms with Crippen molar-refractivity contribution in [3.8, 4) is 5.75 Å². The van der Waals surface area contributed by atoms with E-state index in [4.69, 9.17) is 4.74 Å². The van der Waals surface area contributed by atoms with Crippen molar-refractivity contribution in [2.24, 2.45) is 16.7 Å². The number of carbonyl (C=O) groups excluding carboxylic acids is 2. The summed E-state index contributed by atoms with van der Waals surface area (Å²) in [6.45, 7) is 14.7. The van der Waals surface area contributed by atoms with Gasteiger partial charge in [0.25, 0.3) is 0 Å². The normalized spacial score (nSPS) is 16.8. The Morgan fingerprint density at radius 2 is 1.96 bits per heavy atom. The molecule has 2 rings (SSSR count). The largest absolute Gasteiger partial charge is 0.490 e. The summed E-state index contributed by atoms with van der Waals surface area (Å²) in [5.41, 5.74) is 0.325. The lowest BCUT2D eigenvalue weighted by Crippen LogP contribution is -2.42. The summed E-state index contributed by atoms with van der Waals surface area (Å²) in [5, 5.41) is 2.94. The molecule has 0 spiro atoms. The number of hydrogen-bond donors (Lipinski definition) is 1. The zero-order valence-electron chi connectivity index (χ0n) is 17.1. The van der Waals surface area contributed by atoms with Crippen molar-refractivity contribution in [1.29, 1.82) is 0 Å². The minimum absolute atomic E-state index is 0.0520. The standard InChI is InChI=1S/C21H32N2O3/c1-14(2)10-11-23-16-12-15(22-18(24)20(3,4)5)8-9-17(16)26-13-21(6,7)19(23)25/h8-9,12,14H,10-11,13H2,1-7H3,(H,22,24). The topological polar surface area (TPSA) is 58.6 Å². The van der Waals surface area contributed by atoms with Crippen molar-refractivity contribution in [1.82, 2.24) is 0 Å². The number of nitrogens with one attached hydrogen (secondary N) is 1. The first-order chi connectivity index (χ1) is 11.9. The highest BCUT2D eigenvalue weighted by molar-refractivity contribution is 6.01. The minimum atomic E-state index is -0.592. The molecule has 1 aromatic carbocycles. The number of carbonyl (C=O) groups is 2. The van der Waals surface area contributed by atoms with Crippen LogP contribution in [0.25, 0.3) is 0 Å². The van der Waals surface area contributed by atoms with Gasteiger partial charge in [0, 0.05) is 17.6 Å². The Bertz CT molecular complexity index is 687. The molecule has 1 aliphatic heterocycles. The fraction of sp³-hybridized carbons (Fsp3) is 0.619. The Balaban J connectivity index is 2.40. The molecule has 0 bridgehead atoms. The minimum Gasteiger partial charge on any atom is -0.490 e. The fourth-order valence-electron chi connectivity index (χ4n) is 2.65. The van der Waals surface area contributed by atoms with Gasteiger partial charge in [0.05, 0.1) is 11.1 Å². The number of rotatable bonds is 4. The highest BCUT2D eigenvalue weighted by Crippen LogP contribution is 2.38. The lowest BCUT2D eigenvalue weighted by atomic mass is 9.92. The van der Waals surface area contributed by atoms with E-state index >= 15 is 0 Å². The van der Waals surface area contributed by atoms with Crippen LogP contribution >= 0.6 is 0 Å². The van der Waals surface area contributed by atoms with Gasteiger partial charge in [-0.3, -0.25) is 9.59 Å². The molecule has 1 aromatic rings. The Labute approximate surface area is 157 Å². The van der Waals surface area contributed by atoms with Crippen LogP contribution in [-0.4, -0.2) is 25.0 Å². The van der Waals surface area contributed by atoms with Gasteiger partial charge in [-0.25, -0.2) is 0 Å². The molecule has 0 saturated carbocycles. The molecule has 144 valence electrons. The van der Waals surface area contributed by atoms with Gasteiger partial charge in [0.15, 0.2) is 0 Å². The lowest BCUT2D eigenvalue weighted by Gasteiger charge is -2.29. The van der Waals surface area contributed by atoms with Crippen LogP contribution in [0.3, 0.4) is 0 Å². The van der Waals surface area contributed by atoms with E-state index in [2.05, 4.69) is 19.2 Å². The van der Waals surface area contributed by atoms with Crippen molar-refractivity contribution < 1.29 is 14.3 Å². The number of anilines is 2. The molecule has 0 radical (unpaired) electrons. The molecule has 0 aliphatic carbocycles. The summed E-state index contributed by atoms with van der Waals surface area (Å²) in [4.78, 5) is 27.2. The summed E-state index contributed by atoms with van der Waals surface area (Å²) in [7, 11) is 0. The van der Waals surface area contributed by atoms with E-state index in [1.807, 2.05) is 57.7 Å². The second-order valence-electron chi connectivity index (χ2n) is 9.20. The van der Waals surface area contributed by atoms with Crippen LogP contribution in [0.4, 0.5) is 11.4 Å². The van der Waals surface area contributed by atoms with Crippen LogP contribution in [0.5, 0.6) is 5.75 Å². The second-order valence-corrected chi connectivity index (χ2v) is 9.20. The smallest absolute Gasteiger partial charge is 0.236 e. The predicted octanol–water partition coefficient (Wildman–Crippen LogP) is 4.47. The molecule has 26 heavy (non-hydrogen) atoms. The molecule has 1 aliphatic rings. The lowest BCUT2D eigenvalue weighted by molar-refractivity contribution is -0.127. The first-order valence-electron chi connectivity index (χ1n) is 9.32. The van der Waals surface area contributed by atoms with Gasteiger partial charge in [-0.05, 0) is 44.4 Å². The van der Waals surface area contributed by atoms with E-state index in [0.29, 0.717) is 30.5 Å². The van der Waals surface area contributed by atoms with E-state index in [1.54, 1.807) is 0 Å². The van der Waals surface area contributed by atoms with Gasteiger partial charge in [0.1, 0.15) is 12.4 Å². The van der Waals surface area contributed by atoms with Gasteiger partial charge in [-0.2, -0.15) is 0 Å². The van der Waals surface area contributed by atoms with Crippen molar-refractivity contribution in [3.63, 3.8) is 0 Å². The van der Waals surface area contributed by atoms with Crippen molar-refractivity contribution in [2.75, 3.05) is 23.4 Å². The zero-order chi connectivity index (χ0) is 19.7. The van der Waals surface area contributed by atoms with E-state index in [9.17, 15) is 9.59 Å². The summed E-state index contributed by atoms with van der Waals surface area (Å²) < 4.78 is 5.92. The molecule has 5 heteroatoms. The summed E-state index contributed by atoms with van der Waals surface area (Å²) in [6, 6.07) is 5.51. The molecular formula is C21H32N2O3. The summed E-state index contributed by atoms with van der Waals surface area (Å²) >= 11 is 0. The monoisotopic (exact) mass is 360 g/mol. The van der Waals surface area contributed by atoms with Crippen molar-refractivity contribution in [3.05, 3.63) is 18.2 Å². The number of nitrogens with zero attached hydrogens (tertiary/aromatic N) is 1. The maximum Gasteiger partial charge on any atom is 0.236 e. The highest BCUT2D eigenvalue weighted by Gasteiger charge is 2.37. The SMILES string of the molecule is CC(C)CCN1C(=O)C(C)(C)COc2ccc(NC(=O)C(C)(C)C)cc21. The maximum atomic E-state index is 13.1. The van der Waals surface area contributed by atoms with E-state index in [1.165, 1.54) is 0 Å². The number of benzene rings is 1. The Morgan fingerprint density at radius 3 is 2.54 bits per heavy atom. The highest BCUT2D eigenvalue weighted by atomic mass is 16.5. The summed E-state index contributed by atoms with van der Waals surface area (Å²) in [5.74, 6) is 1.16.